The van der Waals surface area contributed by atoms with E-state index >= 15 is 0 Å². The van der Waals surface area contributed by atoms with Crippen LogP contribution in [0.25, 0.3) is 0 Å². The molecule has 0 aromatic heterocycles. The Kier molecular flexibility index (Phi) is 6.54. The van der Waals surface area contributed by atoms with Crippen molar-refractivity contribution in [3.8, 4) is 5.75 Å². The predicted octanol–water partition coefficient (Wildman–Crippen LogP) is 3.16. The number of unbranched alkanes of at least 4 members (excludes halogenated alkanes) is 2. The van der Waals surface area contributed by atoms with Gasteiger partial charge < -0.3 is 14.8 Å². The minimum absolute atomic E-state index is 0.0336. The van der Waals surface area contributed by atoms with Gasteiger partial charge in [-0.2, -0.15) is 0 Å². The zero-order valence-corrected chi connectivity index (χ0v) is 12.8. The molecule has 1 atom stereocenters. The molecule has 1 saturated heterocycles. The number of carbonyl (C=O) groups excluding carboxylic acids is 1. The summed E-state index contributed by atoms with van der Waals surface area (Å²) < 4.78 is 11.2. The van der Waals surface area contributed by atoms with Crippen LogP contribution in [0, 0.1) is 0 Å². The predicted molar refractivity (Wildman–Crippen MR) is 82.8 cm³/mol. The molecule has 0 bridgehead atoms. The Morgan fingerprint density at radius 3 is 3.10 bits per heavy atom. The number of amides is 1. The summed E-state index contributed by atoms with van der Waals surface area (Å²) in [5.74, 6) is 0.695. The Morgan fingerprint density at radius 1 is 1.43 bits per heavy atom. The molecular weight excluding hydrogens is 266 g/mol. The van der Waals surface area contributed by atoms with Crippen molar-refractivity contribution >= 4 is 5.91 Å². The highest BCUT2D eigenvalue weighted by Crippen LogP contribution is 2.17. The average Bonchev–Trinajstić information content (AvgIpc) is 3.03. The molecular formula is C17H25NO3. The van der Waals surface area contributed by atoms with Gasteiger partial charge in [0.25, 0.3) is 5.91 Å². The van der Waals surface area contributed by atoms with E-state index in [1.165, 1.54) is 0 Å². The molecule has 1 amide bonds. The molecule has 1 N–H and O–H groups in total. The second kappa shape index (κ2) is 8.67. The van der Waals surface area contributed by atoms with Gasteiger partial charge in [0.2, 0.25) is 0 Å². The van der Waals surface area contributed by atoms with Crippen LogP contribution in [0.1, 0.15) is 49.4 Å². The maximum Gasteiger partial charge on any atom is 0.251 e. The van der Waals surface area contributed by atoms with Crippen LogP contribution < -0.4 is 10.1 Å². The van der Waals surface area contributed by atoms with Gasteiger partial charge in [-0.05, 0) is 37.5 Å². The zero-order chi connectivity index (χ0) is 14.9. The summed E-state index contributed by atoms with van der Waals surface area (Å²) in [7, 11) is 0. The lowest BCUT2D eigenvalue weighted by molar-refractivity contribution is 0.0679. The Hall–Kier alpha value is -1.55. The third-order valence-corrected chi connectivity index (χ3v) is 3.62. The van der Waals surface area contributed by atoms with E-state index < -0.39 is 0 Å². The SMILES string of the molecule is CCCCCNC(=O)c1cccc(OCC2CCCO2)c1. The molecule has 1 aliphatic heterocycles. The smallest absolute Gasteiger partial charge is 0.251 e. The van der Waals surface area contributed by atoms with Crippen LogP contribution in [0.3, 0.4) is 0 Å². The van der Waals surface area contributed by atoms with E-state index in [1.807, 2.05) is 18.2 Å². The molecule has 116 valence electrons. The summed E-state index contributed by atoms with van der Waals surface area (Å²) in [5, 5.41) is 2.94. The van der Waals surface area contributed by atoms with Gasteiger partial charge >= 0.3 is 0 Å². The molecule has 21 heavy (non-hydrogen) atoms. The monoisotopic (exact) mass is 291 g/mol. The highest BCUT2D eigenvalue weighted by molar-refractivity contribution is 5.94. The second-order valence-corrected chi connectivity index (χ2v) is 5.44. The number of hydrogen-bond acceptors (Lipinski definition) is 3. The molecule has 1 heterocycles. The van der Waals surface area contributed by atoms with Crippen molar-refractivity contribution in [2.24, 2.45) is 0 Å². The first-order valence-electron chi connectivity index (χ1n) is 7.92. The van der Waals surface area contributed by atoms with Gasteiger partial charge in [-0.15, -0.1) is 0 Å². The molecule has 0 spiro atoms. The summed E-state index contributed by atoms with van der Waals surface area (Å²) in [4.78, 5) is 12.0. The summed E-state index contributed by atoms with van der Waals surface area (Å²) in [5.41, 5.74) is 0.649. The lowest BCUT2D eigenvalue weighted by atomic mass is 10.2. The number of nitrogens with one attached hydrogen (secondary N) is 1. The molecule has 2 rings (SSSR count). The molecule has 0 saturated carbocycles. The van der Waals surface area contributed by atoms with Gasteiger partial charge in [0.15, 0.2) is 0 Å². The van der Waals surface area contributed by atoms with Gasteiger partial charge in [0.05, 0.1) is 6.10 Å². The highest BCUT2D eigenvalue weighted by Gasteiger charge is 2.16. The van der Waals surface area contributed by atoms with Gasteiger partial charge in [0, 0.05) is 18.7 Å². The summed E-state index contributed by atoms with van der Waals surface area (Å²) in [6, 6.07) is 7.34. The summed E-state index contributed by atoms with van der Waals surface area (Å²) in [6.45, 7) is 4.26. The summed E-state index contributed by atoms with van der Waals surface area (Å²) >= 11 is 0. The summed E-state index contributed by atoms with van der Waals surface area (Å²) in [6.07, 6.45) is 5.67. The molecule has 4 heteroatoms. The molecule has 1 aliphatic rings. The number of carbonyl (C=O) groups is 1. The van der Waals surface area contributed by atoms with Crippen molar-refractivity contribution in [3.05, 3.63) is 29.8 Å². The van der Waals surface area contributed by atoms with Crippen LogP contribution in [0.5, 0.6) is 5.75 Å². The standard InChI is InChI=1S/C17H25NO3/c1-2-3-4-10-18-17(19)14-7-5-8-15(12-14)21-13-16-9-6-11-20-16/h5,7-8,12,16H,2-4,6,9-11,13H2,1H3,(H,18,19). The lowest BCUT2D eigenvalue weighted by Gasteiger charge is -2.12. The Morgan fingerprint density at radius 2 is 2.33 bits per heavy atom. The Balaban J connectivity index is 1.80. The van der Waals surface area contributed by atoms with E-state index in [-0.39, 0.29) is 12.0 Å². The van der Waals surface area contributed by atoms with Crippen LogP contribution >= 0.6 is 0 Å². The second-order valence-electron chi connectivity index (χ2n) is 5.44. The first-order chi connectivity index (χ1) is 10.3. The van der Waals surface area contributed by atoms with Gasteiger partial charge in [-0.25, -0.2) is 0 Å². The normalized spacial score (nSPS) is 17.7. The van der Waals surface area contributed by atoms with Crippen molar-refractivity contribution in [2.45, 2.75) is 45.1 Å². The third kappa shape index (κ3) is 5.38. The zero-order valence-electron chi connectivity index (χ0n) is 12.8. The van der Waals surface area contributed by atoms with Crippen molar-refractivity contribution in [2.75, 3.05) is 19.8 Å². The van der Waals surface area contributed by atoms with E-state index in [4.69, 9.17) is 9.47 Å². The Bertz CT molecular complexity index is 441. The van der Waals surface area contributed by atoms with E-state index in [0.717, 1.165) is 51.0 Å². The van der Waals surface area contributed by atoms with Crippen LogP contribution in [0.15, 0.2) is 24.3 Å². The number of ether oxygens (including phenoxy) is 2. The van der Waals surface area contributed by atoms with Gasteiger partial charge in [-0.3, -0.25) is 4.79 Å². The largest absolute Gasteiger partial charge is 0.491 e. The number of rotatable bonds is 8. The van der Waals surface area contributed by atoms with Gasteiger partial charge in [0.1, 0.15) is 12.4 Å². The molecule has 1 unspecified atom stereocenters. The van der Waals surface area contributed by atoms with Crippen LogP contribution in [-0.2, 0) is 4.74 Å². The first-order valence-corrected chi connectivity index (χ1v) is 7.92. The average molecular weight is 291 g/mol. The first kappa shape index (κ1) is 15.8. The Labute approximate surface area is 126 Å². The van der Waals surface area contributed by atoms with E-state index in [9.17, 15) is 4.79 Å². The molecule has 4 nitrogen and oxygen atoms in total. The number of benzene rings is 1. The van der Waals surface area contributed by atoms with Crippen molar-refractivity contribution in [1.82, 2.24) is 5.32 Å². The fourth-order valence-electron chi connectivity index (χ4n) is 2.37. The van der Waals surface area contributed by atoms with E-state index in [1.54, 1.807) is 6.07 Å². The third-order valence-electron chi connectivity index (χ3n) is 3.62. The maximum absolute atomic E-state index is 12.0. The van der Waals surface area contributed by atoms with Gasteiger partial charge in [-0.1, -0.05) is 25.8 Å². The quantitative estimate of drug-likeness (QED) is 0.748. The van der Waals surface area contributed by atoms with Crippen molar-refractivity contribution in [3.63, 3.8) is 0 Å². The lowest BCUT2D eigenvalue weighted by Crippen LogP contribution is -2.24. The molecule has 1 aromatic rings. The highest BCUT2D eigenvalue weighted by atomic mass is 16.5. The van der Waals surface area contributed by atoms with Crippen LogP contribution in [-0.4, -0.2) is 31.8 Å². The molecule has 0 radical (unpaired) electrons. The maximum atomic E-state index is 12.0. The molecule has 0 aliphatic carbocycles. The minimum atomic E-state index is -0.0336. The fraction of sp³-hybridized carbons (Fsp3) is 0.588. The fourth-order valence-corrected chi connectivity index (χ4v) is 2.37. The minimum Gasteiger partial charge on any atom is -0.491 e. The topological polar surface area (TPSA) is 47.6 Å². The molecule has 1 aromatic carbocycles. The molecule has 1 fully saturated rings. The van der Waals surface area contributed by atoms with Crippen LogP contribution in [0.2, 0.25) is 0 Å². The van der Waals surface area contributed by atoms with Crippen molar-refractivity contribution in [1.29, 1.82) is 0 Å². The van der Waals surface area contributed by atoms with Crippen LogP contribution in [0.4, 0.5) is 0 Å². The van der Waals surface area contributed by atoms with Crippen molar-refractivity contribution < 1.29 is 14.3 Å². The van der Waals surface area contributed by atoms with E-state index in [0.29, 0.717) is 12.2 Å². The van der Waals surface area contributed by atoms with E-state index in [2.05, 4.69) is 12.2 Å². The number of hydrogen-bond donors (Lipinski definition) is 1.